The van der Waals surface area contributed by atoms with Crippen molar-refractivity contribution < 1.29 is 14.3 Å². The van der Waals surface area contributed by atoms with Crippen LogP contribution in [0.2, 0.25) is 0 Å². The number of carbonyl (C=O) groups is 2. The maximum Gasteiger partial charge on any atom is 0.310 e. The van der Waals surface area contributed by atoms with Gasteiger partial charge in [0, 0.05) is 12.2 Å². The Morgan fingerprint density at radius 1 is 1.14 bits per heavy atom. The Bertz CT molecular complexity index is 789. The minimum absolute atomic E-state index is 0.0837. The molecule has 1 amide bonds. The minimum atomic E-state index is -0.445. The summed E-state index contributed by atoms with van der Waals surface area (Å²) in [4.78, 5) is 27.6. The molecular weight excluding hydrogens is 352 g/mol. The number of aryl methyl sites for hydroxylation is 1. The summed E-state index contributed by atoms with van der Waals surface area (Å²) in [5.74, 6) is -0.440. The maximum absolute atomic E-state index is 13.2. The first-order valence-electron chi connectivity index (χ1n) is 9.91. The lowest BCUT2D eigenvalue weighted by atomic mass is 9.94. The van der Waals surface area contributed by atoms with Crippen LogP contribution in [0.5, 0.6) is 0 Å². The van der Waals surface area contributed by atoms with Gasteiger partial charge in [-0.3, -0.25) is 14.5 Å². The summed E-state index contributed by atoms with van der Waals surface area (Å²) in [6, 6.07) is 17.1. The maximum atomic E-state index is 13.2. The molecule has 148 valence electrons. The molecule has 0 radical (unpaired) electrons. The van der Waals surface area contributed by atoms with Gasteiger partial charge in [-0.1, -0.05) is 48.0 Å². The number of rotatable bonds is 6. The Balaban J connectivity index is 1.81. The van der Waals surface area contributed by atoms with E-state index in [2.05, 4.69) is 10.2 Å². The van der Waals surface area contributed by atoms with Crippen molar-refractivity contribution in [2.24, 2.45) is 5.92 Å². The number of piperidine rings is 1. The molecule has 1 N–H and O–H groups in total. The van der Waals surface area contributed by atoms with E-state index in [1.807, 2.05) is 68.4 Å². The van der Waals surface area contributed by atoms with Crippen LogP contribution in [0.1, 0.15) is 36.9 Å². The summed E-state index contributed by atoms with van der Waals surface area (Å²) in [6.45, 7) is 5.52. The second kappa shape index (κ2) is 9.51. The molecule has 5 heteroatoms. The lowest BCUT2D eigenvalue weighted by molar-refractivity contribution is -0.151. The van der Waals surface area contributed by atoms with E-state index in [4.69, 9.17) is 4.74 Å². The number of hydrogen-bond donors (Lipinski definition) is 1. The van der Waals surface area contributed by atoms with Crippen molar-refractivity contribution in [3.8, 4) is 0 Å². The standard InChI is InChI=1S/C23H28N2O3/c1-3-28-23(27)19-10-7-15-25(16-19)21(18-8-5-4-6-9-18)22(26)24-20-13-11-17(2)12-14-20/h4-6,8-9,11-14,19,21H,3,7,10,15-16H2,1-2H3,(H,24,26)/t19-,21-/m1/s1. The molecule has 1 saturated heterocycles. The Kier molecular flexibility index (Phi) is 6.82. The van der Waals surface area contributed by atoms with Crippen LogP contribution in [0, 0.1) is 12.8 Å². The molecule has 2 aromatic carbocycles. The van der Waals surface area contributed by atoms with Crippen molar-refractivity contribution in [1.29, 1.82) is 0 Å². The van der Waals surface area contributed by atoms with Crippen LogP contribution in [0.15, 0.2) is 54.6 Å². The highest BCUT2D eigenvalue weighted by molar-refractivity contribution is 5.95. The first kappa shape index (κ1) is 20.1. The molecule has 2 atom stereocenters. The van der Waals surface area contributed by atoms with Crippen LogP contribution in [0.4, 0.5) is 5.69 Å². The Morgan fingerprint density at radius 2 is 1.86 bits per heavy atom. The number of amides is 1. The number of benzene rings is 2. The molecule has 5 nitrogen and oxygen atoms in total. The van der Waals surface area contributed by atoms with Gasteiger partial charge in [0.25, 0.3) is 0 Å². The molecule has 0 aliphatic carbocycles. The molecule has 1 aliphatic rings. The summed E-state index contributed by atoms with van der Waals surface area (Å²) in [5.41, 5.74) is 2.85. The fraction of sp³-hybridized carbons (Fsp3) is 0.391. The van der Waals surface area contributed by atoms with E-state index in [1.54, 1.807) is 0 Å². The van der Waals surface area contributed by atoms with Gasteiger partial charge in [-0.25, -0.2) is 0 Å². The van der Waals surface area contributed by atoms with Gasteiger partial charge >= 0.3 is 5.97 Å². The first-order chi connectivity index (χ1) is 13.6. The second-order valence-corrected chi connectivity index (χ2v) is 7.25. The third-order valence-electron chi connectivity index (χ3n) is 5.12. The molecule has 28 heavy (non-hydrogen) atoms. The zero-order chi connectivity index (χ0) is 19.9. The molecular formula is C23H28N2O3. The van der Waals surface area contributed by atoms with Gasteiger partial charge in [0.2, 0.25) is 5.91 Å². The molecule has 3 rings (SSSR count). The molecule has 0 bridgehead atoms. The highest BCUT2D eigenvalue weighted by atomic mass is 16.5. The molecule has 2 aromatic rings. The van der Waals surface area contributed by atoms with Crippen LogP contribution in [0.3, 0.4) is 0 Å². The van der Waals surface area contributed by atoms with E-state index in [1.165, 1.54) is 0 Å². The normalized spacial score (nSPS) is 18.3. The van der Waals surface area contributed by atoms with Gasteiger partial charge in [-0.2, -0.15) is 0 Å². The zero-order valence-corrected chi connectivity index (χ0v) is 16.6. The van der Waals surface area contributed by atoms with Gasteiger partial charge in [-0.15, -0.1) is 0 Å². The van der Waals surface area contributed by atoms with E-state index < -0.39 is 6.04 Å². The van der Waals surface area contributed by atoms with Crippen LogP contribution in [-0.4, -0.2) is 36.5 Å². The van der Waals surface area contributed by atoms with Crippen LogP contribution in [-0.2, 0) is 14.3 Å². The largest absolute Gasteiger partial charge is 0.466 e. The van der Waals surface area contributed by atoms with E-state index in [9.17, 15) is 9.59 Å². The second-order valence-electron chi connectivity index (χ2n) is 7.25. The van der Waals surface area contributed by atoms with Crippen molar-refractivity contribution in [2.75, 3.05) is 25.0 Å². The predicted molar refractivity (Wildman–Crippen MR) is 110 cm³/mol. The number of ether oxygens (including phenoxy) is 1. The topological polar surface area (TPSA) is 58.6 Å². The fourth-order valence-corrected chi connectivity index (χ4v) is 3.70. The summed E-state index contributed by atoms with van der Waals surface area (Å²) in [5, 5.41) is 3.04. The van der Waals surface area contributed by atoms with Crippen molar-refractivity contribution in [3.05, 3.63) is 65.7 Å². The lowest BCUT2D eigenvalue weighted by Crippen LogP contribution is -2.45. The summed E-state index contributed by atoms with van der Waals surface area (Å²) in [7, 11) is 0. The van der Waals surface area contributed by atoms with Crippen LogP contribution in [0.25, 0.3) is 0 Å². The third-order valence-corrected chi connectivity index (χ3v) is 5.12. The predicted octanol–water partition coefficient (Wildman–Crippen LogP) is 3.95. The van der Waals surface area contributed by atoms with Gasteiger partial charge < -0.3 is 10.1 Å². The van der Waals surface area contributed by atoms with Gasteiger partial charge in [0.1, 0.15) is 6.04 Å². The highest BCUT2D eigenvalue weighted by Gasteiger charge is 2.34. The SMILES string of the molecule is CCOC(=O)[C@@H]1CCCN([C@@H](C(=O)Nc2ccc(C)cc2)c2ccccc2)C1. The fourth-order valence-electron chi connectivity index (χ4n) is 3.70. The van der Waals surface area contributed by atoms with Crippen molar-refractivity contribution in [2.45, 2.75) is 32.7 Å². The quantitative estimate of drug-likeness (QED) is 0.771. The number of hydrogen-bond acceptors (Lipinski definition) is 4. The number of esters is 1. The van der Waals surface area contributed by atoms with Crippen molar-refractivity contribution >= 4 is 17.6 Å². The molecule has 0 saturated carbocycles. The van der Waals surface area contributed by atoms with Gasteiger partial charge in [0.15, 0.2) is 0 Å². The monoisotopic (exact) mass is 380 g/mol. The van der Waals surface area contributed by atoms with Crippen molar-refractivity contribution in [3.63, 3.8) is 0 Å². The van der Waals surface area contributed by atoms with Crippen LogP contribution >= 0.6 is 0 Å². The average molecular weight is 380 g/mol. The van der Waals surface area contributed by atoms with E-state index in [-0.39, 0.29) is 17.8 Å². The van der Waals surface area contributed by atoms with Gasteiger partial charge in [-0.05, 0) is 50.9 Å². The number of carbonyl (C=O) groups excluding carboxylic acids is 2. The number of anilines is 1. The van der Waals surface area contributed by atoms with E-state index in [0.717, 1.165) is 36.2 Å². The van der Waals surface area contributed by atoms with Crippen molar-refractivity contribution in [1.82, 2.24) is 4.90 Å². The summed E-state index contributed by atoms with van der Waals surface area (Å²) >= 11 is 0. The van der Waals surface area contributed by atoms with Gasteiger partial charge in [0.05, 0.1) is 12.5 Å². The molecule has 1 heterocycles. The number of likely N-dealkylation sites (tertiary alicyclic amines) is 1. The smallest absolute Gasteiger partial charge is 0.310 e. The number of nitrogens with one attached hydrogen (secondary N) is 1. The molecule has 0 spiro atoms. The molecule has 0 aromatic heterocycles. The van der Waals surface area contributed by atoms with E-state index >= 15 is 0 Å². The molecule has 1 fully saturated rings. The lowest BCUT2D eigenvalue weighted by Gasteiger charge is -2.36. The molecule has 1 aliphatic heterocycles. The first-order valence-corrected chi connectivity index (χ1v) is 9.91. The average Bonchev–Trinajstić information content (AvgIpc) is 2.71. The minimum Gasteiger partial charge on any atom is -0.466 e. The summed E-state index contributed by atoms with van der Waals surface area (Å²) in [6.07, 6.45) is 1.67. The summed E-state index contributed by atoms with van der Waals surface area (Å²) < 4.78 is 5.22. The highest BCUT2D eigenvalue weighted by Crippen LogP contribution is 2.29. The molecule has 0 unspecified atom stereocenters. The van der Waals surface area contributed by atoms with E-state index in [0.29, 0.717) is 13.2 Å². The zero-order valence-electron chi connectivity index (χ0n) is 16.6. The Hall–Kier alpha value is -2.66. The third kappa shape index (κ3) is 4.98. The number of nitrogens with zero attached hydrogens (tertiary/aromatic N) is 1. The van der Waals surface area contributed by atoms with Crippen LogP contribution < -0.4 is 5.32 Å². The Labute approximate surface area is 166 Å². The Morgan fingerprint density at radius 3 is 2.54 bits per heavy atom.